The molecule has 0 unspecified atom stereocenters. The smallest absolute Gasteiger partial charge is 0.214 e. The first kappa shape index (κ1) is 12.6. The van der Waals surface area contributed by atoms with Crippen LogP contribution in [-0.2, 0) is 0 Å². The summed E-state index contributed by atoms with van der Waals surface area (Å²) in [5, 5.41) is 12.7. The number of nitrogens with zero attached hydrogens (tertiary/aromatic N) is 5. The Morgan fingerprint density at radius 3 is 2.95 bits per heavy atom. The van der Waals surface area contributed by atoms with Gasteiger partial charge in [0.2, 0.25) is 5.16 Å². The van der Waals surface area contributed by atoms with Crippen LogP contribution in [0.25, 0.3) is 0 Å². The largest absolute Gasteiger partial charge is 0.323 e. The molecule has 2 aromatic heterocycles. The SMILES string of the molecule is CC[C@@H](N)c1ccc(Sc2nnnn2C2CC2)cn1. The van der Waals surface area contributed by atoms with Gasteiger partial charge >= 0.3 is 0 Å². The van der Waals surface area contributed by atoms with Crippen LogP contribution >= 0.6 is 11.8 Å². The third-order valence-electron chi connectivity index (χ3n) is 3.14. The zero-order valence-electron chi connectivity index (χ0n) is 10.7. The fourth-order valence-electron chi connectivity index (χ4n) is 1.79. The van der Waals surface area contributed by atoms with Crippen LogP contribution in [0.2, 0.25) is 0 Å². The van der Waals surface area contributed by atoms with E-state index in [-0.39, 0.29) is 6.04 Å². The Morgan fingerprint density at radius 1 is 1.47 bits per heavy atom. The minimum atomic E-state index is 0.0100. The molecule has 2 heterocycles. The predicted molar refractivity (Wildman–Crippen MR) is 71.7 cm³/mol. The molecule has 1 aliphatic rings. The van der Waals surface area contributed by atoms with Gasteiger partial charge in [0.1, 0.15) is 0 Å². The molecule has 0 aliphatic heterocycles. The lowest BCUT2D eigenvalue weighted by molar-refractivity contribution is 0.565. The van der Waals surface area contributed by atoms with E-state index >= 15 is 0 Å². The minimum Gasteiger partial charge on any atom is -0.323 e. The number of nitrogens with two attached hydrogens (primary N) is 1. The van der Waals surface area contributed by atoms with Gasteiger partial charge < -0.3 is 5.73 Å². The molecule has 0 bridgehead atoms. The van der Waals surface area contributed by atoms with Crippen molar-refractivity contribution >= 4 is 11.8 Å². The molecular formula is C12H16N6S. The number of hydrogen-bond donors (Lipinski definition) is 1. The highest BCUT2D eigenvalue weighted by Gasteiger charge is 2.28. The first-order valence-electron chi connectivity index (χ1n) is 6.45. The van der Waals surface area contributed by atoms with Crippen LogP contribution in [0.5, 0.6) is 0 Å². The first-order chi connectivity index (χ1) is 9.28. The van der Waals surface area contributed by atoms with Gasteiger partial charge in [0.25, 0.3) is 0 Å². The zero-order valence-corrected chi connectivity index (χ0v) is 11.5. The zero-order chi connectivity index (χ0) is 13.2. The Hall–Kier alpha value is -1.47. The molecule has 0 radical (unpaired) electrons. The van der Waals surface area contributed by atoms with Crippen molar-refractivity contribution in [3.8, 4) is 0 Å². The molecule has 6 nitrogen and oxygen atoms in total. The van der Waals surface area contributed by atoms with E-state index in [9.17, 15) is 0 Å². The summed E-state index contributed by atoms with van der Waals surface area (Å²) < 4.78 is 1.90. The molecule has 2 aromatic rings. The number of tetrazole rings is 1. The summed E-state index contributed by atoms with van der Waals surface area (Å²) in [5.74, 6) is 0. The average Bonchev–Trinajstić information content (AvgIpc) is 3.19. The number of rotatable bonds is 5. The summed E-state index contributed by atoms with van der Waals surface area (Å²) in [4.78, 5) is 5.43. The second-order valence-electron chi connectivity index (χ2n) is 4.67. The van der Waals surface area contributed by atoms with Gasteiger partial charge in [-0.25, -0.2) is 4.68 Å². The summed E-state index contributed by atoms with van der Waals surface area (Å²) >= 11 is 1.54. The molecule has 2 N–H and O–H groups in total. The summed E-state index contributed by atoms with van der Waals surface area (Å²) in [6.07, 6.45) is 5.06. The van der Waals surface area contributed by atoms with Crippen molar-refractivity contribution in [3.63, 3.8) is 0 Å². The number of pyridine rings is 1. The van der Waals surface area contributed by atoms with Crippen LogP contribution in [0.1, 0.15) is 44.0 Å². The van der Waals surface area contributed by atoms with E-state index in [0.717, 1.165) is 22.2 Å². The van der Waals surface area contributed by atoms with Crippen LogP contribution in [0.15, 0.2) is 28.4 Å². The molecule has 0 aromatic carbocycles. The molecule has 1 atom stereocenters. The van der Waals surface area contributed by atoms with Crippen molar-refractivity contribution in [1.82, 2.24) is 25.2 Å². The third kappa shape index (κ3) is 2.76. The molecule has 1 saturated carbocycles. The van der Waals surface area contributed by atoms with E-state index in [0.29, 0.717) is 6.04 Å². The van der Waals surface area contributed by atoms with Crippen LogP contribution in [-0.4, -0.2) is 25.2 Å². The van der Waals surface area contributed by atoms with Crippen molar-refractivity contribution < 1.29 is 0 Å². The van der Waals surface area contributed by atoms with Gasteiger partial charge in [-0.2, -0.15) is 0 Å². The van der Waals surface area contributed by atoms with Gasteiger partial charge in [-0.05, 0) is 53.6 Å². The second kappa shape index (κ2) is 5.26. The summed E-state index contributed by atoms with van der Waals surface area (Å²) in [5.41, 5.74) is 6.87. The Labute approximate surface area is 115 Å². The third-order valence-corrected chi connectivity index (χ3v) is 4.07. The van der Waals surface area contributed by atoms with Gasteiger partial charge in [-0.3, -0.25) is 4.98 Å². The Morgan fingerprint density at radius 2 is 2.32 bits per heavy atom. The lowest BCUT2D eigenvalue weighted by Gasteiger charge is -2.08. The highest BCUT2D eigenvalue weighted by molar-refractivity contribution is 7.99. The quantitative estimate of drug-likeness (QED) is 0.899. The molecule has 0 saturated heterocycles. The van der Waals surface area contributed by atoms with Crippen molar-refractivity contribution in [2.45, 2.75) is 48.3 Å². The van der Waals surface area contributed by atoms with Crippen LogP contribution in [0, 0.1) is 0 Å². The number of aromatic nitrogens is 5. The fourth-order valence-corrected chi connectivity index (χ4v) is 2.60. The lowest BCUT2D eigenvalue weighted by Crippen LogP contribution is -2.10. The maximum atomic E-state index is 5.95. The Kier molecular flexibility index (Phi) is 3.48. The maximum Gasteiger partial charge on any atom is 0.214 e. The van der Waals surface area contributed by atoms with Gasteiger partial charge in [0.15, 0.2) is 0 Å². The van der Waals surface area contributed by atoms with Gasteiger partial charge in [0, 0.05) is 17.1 Å². The van der Waals surface area contributed by atoms with E-state index in [1.54, 1.807) is 11.8 Å². The van der Waals surface area contributed by atoms with Crippen molar-refractivity contribution in [2.75, 3.05) is 0 Å². The first-order valence-corrected chi connectivity index (χ1v) is 7.27. The van der Waals surface area contributed by atoms with E-state index in [2.05, 4.69) is 27.4 Å². The van der Waals surface area contributed by atoms with E-state index in [4.69, 9.17) is 5.73 Å². The molecule has 100 valence electrons. The maximum absolute atomic E-state index is 5.95. The van der Waals surface area contributed by atoms with Gasteiger partial charge in [0.05, 0.1) is 11.7 Å². The molecule has 0 amide bonds. The topological polar surface area (TPSA) is 82.5 Å². The second-order valence-corrected chi connectivity index (χ2v) is 5.71. The highest BCUT2D eigenvalue weighted by atomic mass is 32.2. The Bertz CT molecular complexity index is 548. The van der Waals surface area contributed by atoms with E-state index in [1.165, 1.54) is 12.8 Å². The molecular weight excluding hydrogens is 260 g/mol. The fraction of sp³-hybridized carbons (Fsp3) is 0.500. The Balaban J connectivity index is 1.74. The lowest BCUT2D eigenvalue weighted by atomic mass is 10.1. The molecule has 3 rings (SSSR count). The van der Waals surface area contributed by atoms with Crippen LogP contribution in [0.3, 0.4) is 0 Å². The van der Waals surface area contributed by atoms with E-state index in [1.807, 2.05) is 23.0 Å². The van der Waals surface area contributed by atoms with Gasteiger partial charge in [-0.15, -0.1) is 5.10 Å². The summed E-state index contributed by atoms with van der Waals surface area (Å²) in [6.45, 7) is 2.05. The highest BCUT2D eigenvalue weighted by Crippen LogP contribution is 2.37. The van der Waals surface area contributed by atoms with Crippen molar-refractivity contribution in [2.24, 2.45) is 5.73 Å². The summed E-state index contributed by atoms with van der Waals surface area (Å²) in [6, 6.07) is 4.49. The average molecular weight is 276 g/mol. The summed E-state index contributed by atoms with van der Waals surface area (Å²) in [7, 11) is 0. The predicted octanol–water partition coefficient (Wildman–Crippen LogP) is 1.96. The molecule has 0 spiro atoms. The normalized spacial score (nSPS) is 16.5. The van der Waals surface area contributed by atoms with Crippen LogP contribution in [0.4, 0.5) is 0 Å². The van der Waals surface area contributed by atoms with Crippen LogP contribution < -0.4 is 5.73 Å². The minimum absolute atomic E-state index is 0.0100. The monoisotopic (exact) mass is 276 g/mol. The van der Waals surface area contributed by atoms with E-state index < -0.39 is 0 Å². The standard InChI is InChI=1S/C12H16N6S/c1-2-10(13)11-6-5-9(7-14-11)19-12-15-16-17-18(12)8-3-4-8/h5-8,10H,2-4,13H2,1H3/t10-/m1/s1. The van der Waals surface area contributed by atoms with Crippen molar-refractivity contribution in [3.05, 3.63) is 24.0 Å². The molecule has 7 heteroatoms. The van der Waals surface area contributed by atoms with Crippen molar-refractivity contribution in [1.29, 1.82) is 0 Å². The number of hydrogen-bond acceptors (Lipinski definition) is 6. The van der Waals surface area contributed by atoms with Gasteiger partial charge in [-0.1, -0.05) is 6.92 Å². The molecule has 1 fully saturated rings. The molecule has 19 heavy (non-hydrogen) atoms. The molecule has 1 aliphatic carbocycles.